The Balaban J connectivity index is 1.59. The van der Waals surface area contributed by atoms with Crippen LogP contribution < -0.4 is 5.43 Å². The highest BCUT2D eigenvalue weighted by Crippen LogP contribution is 2.20. The van der Waals surface area contributed by atoms with E-state index in [4.69, 9.17) is 0 Å². The number of benzene rings is 2. The summed E-state index contributed by atoms with van der Waals surface area (Å²) < 4.78 is 19.7. The molecule has 5 aromatic rings. The summed E-state index contributed by atoms with van der Waals surface area (Å²) in [5.41, 5.74) is 2.20. The van der Waals surface area contributed by atoms with Gasteiger partial charge in [-0.15, -0.1) is 0 Å². The van der Waals surface area contributed by atoms with Crippen molar-refractivity contribution in [1.82, 2.24) is 24.1 Å². The minimum atomic E-state index is -0.445. The lowest BCUT2D eigenvalue weighted by atomic mass is 10.2. The molecule has 7 heteroatoms. The van der Waals surface area contributed by atoms with Crippen LogP contribution in [0.5, 0.6) is 0 Å². The highest BCUT2D eigenvalue weighted by molar-refractivity contribution is 5.57. The number of aromatic nitrogens is 5. The summed E-state index contributed by atoms with van der Waals surface area (Å²) in [5, 5.41) is 8.74. The normalized spacial score (nSPS) is 11.0. The number of rotatable bonds is 4. The molecule has 0 fully saturated rings. The average Bonchev–Trinajstić information content (AvgIpc) is 3.47. The predicted molar refractivity (Wildman–Crippen MR) is 112 cm³/mol. The van der Waals surface area contributed by atoms with E-state index in [2.05, 4.69) is 10.2 Å². The molecule has 0 atom stereocenters. The molecule has 0 bridgehead atoms. The van der Waals surface area contributed by atoms with Crippen molar-refractivity contribution in [2.75, 3.05) is 0 Å². The van der Waals surface area contributed by atoms with Crippen molar-refractivity contribution in [2.45, 2.75) is 0 Å². The SMILES string of the molecule is O=c1ccn(-c2ccc(-n3cccc3)cc2F)nc1-c1ccnn1-c1ccccc1. The van der Waals surface area contributed by atoms with Crippen molar-refractivity contribution < 1.29 is 4.39 Å². The average molecular weight is 397 g/mol. The fraction of sp³-hybridized carbons (Fsp3) is 0. The number of hydrogen-bond acceptors (Lipinski definition) is 3. The standard InChI is InChI=1S/C23H16FN5O/c24-19-16-18(27-13-4-5-14-27)8-9-20(19)28-15-11-22(30)23(26-28)21-10-12-25-29(21)17-6-2-1-3-7-17/h1-16H. The molecule has 3 aromatic heterocycles. The maximum absolute atomic E-state index is 14.9. The quantitative estimate of drug-likeness (QED) is 0.460. The second kappa shape index (κ2) is 7.29. The smallest absolute Gasteiger partial charge is 0.209 e. The third-order valence-corrected chi connectivity index (χ3v) is 4.78. The lowest BCUT2D eigenvalue weighted by Crippen LogP contribution is -2.15. The Morgan fingerprint density at radius 2 is 1.60 bits per heavy atom. The maximum atomic E-state index is 14.9. The molecule has 5 rings (SSSR count). The van der Waals surface area contributed by atoms with Crippen molar-refractivity contribution in [1.29, 1.82) is 0 Å². The molecule has 0 aliphatic heterocycles. The van der Waals surface area contributed by atoms with Gasteiger partial charge in [-0.25, -0.2) is 13.8 Å². The van der Waals surface area contributed by atoms with Crippen molar-refractivity contribution >= 4 is 0 Å². The zero-order valence-corrected chi connectivity index (χ0v) is 15.8. The Morgan fingerprint density at radius 1 is 0.800 bits per heavy atom. The zero-order valence-electron chi connectivity index (χ0n) is 15.8. The van der Waals surface area contributed by atoms with E-state index in [0.29, 0.717) is 11.4 Å². The lowest BCUT2D eigenvalue weighted by molar-refractivity contribution is 0.607. The van der Waals surface area contributed by atoms with Crippen LogP contribution in [0.2, 0.25) is 0 Å². The first-order valence-corrected chi connectivity index (χ1v) is 9.34. The Labute approximate surface area is 171 Å². The van der Waals surface area contributed by atoms with Crippen LogP contribution in [-0.2, 0) is 0 Å². The summed E-state index contributed by atoms with van der Waals surface area (Å²) in [6.45, 7) is 0. The van der Waals surface area contributed by atoms with Gasteiger partial charge in [0.15, 0.2) is 11.5 Å². The molecule has 2 aromatic carbocycles. The van der Waals surface area contributed by atoms with Crippen LogP contribution in [0.15, 0.2) is 102 Å². The van der Waals surface area contributed by atoms with Gasteiger partial charge in [0, 0.05) is 36.4 Å². The predicted octanol–water partition coefficient (Wildman–Crippen LogP) is 4.02. The molecular weight excluding hydrogens is 381 g/mol. The molecule has 146 valence electrons. The van der Waals surface area contributed by atoms with Crippen molar-refractivity contribution in [3.8, 4) is 28.5 Å². The maximum Gasteiger partial charge on any atom is 0.209 e. The monoisotopic (exact) mass is 397 g/mol. The highest BCUT2D eigenvalue weighted by atomic mass is 19.1. The fourth-order valence-electron chi connectivity index (χ4n) is 3.33. The van der Waals surface area contributed by atoms with E-state index in [1.54, 1.807) is 29.1 Å². The number of halogens is 1. The molecule has 0 saturated carbocycles. The molecule has 0 aliphatic rings. The van der Waals surface area contributed by atoms with Crippen LogP contribution in [0, 0.1) is 5.82 Å². The van der Waals surface area contributed by atoms with E-state index in [1.165, 1.54) is 23.0 Å². The molecule has 0 N–H and O–H groups in total. The summed E-state index contributed by atoms with van der Waals surface area (Å²) in [5.74, 6) is -0.445. The van der Waals surface area contributed by atoms with Gasteiger partial charge in [-0.2, -0.15) is 10.2 Å². The minimum Gasteiger partial charge on any atom is -0.324 e. The van der Waals surface area contributed by atoms with Gasteiger partial charge < -0.3 is 4.57 Å². The molecule has 0 saturated heterocycles. The molecule has 0 amide bonds. The molecule has 3 heterocycles. The van der Waals surface area contributed by atoms with Crippen molar-refractivity contribution in [2.24, 2.45) is 0 Å². The van der Waals surface area contributed by atoms with E-state index >= 15 is 0 Å². The number of para-hydroxylation sites is 1. The summed E-state index contributed by atoms with van der Waals surface area (Å²) in [6.07, 6.45) is 6.75. The fourth-order valence-corrected chi connectivity index (χ4v) is 3.33. The Morgan fingerprint density at radius 3 is 2.37 bits per heavy atom. The number of hydrogen-bond donors (Lipinski definition) is 0. The summed E-state index contributed by atoms with van der Waals surface area (Å²) >= 11 is 0. The third-order valence-electron chi connectivity index (χ3n) is 4.78. The summed E-state index contributed by atoms with van der Waals surface area (Å²) in [6, 6.07) is 21.2. The molecule has 0 radical (unpaired) electrons. The molecule has 30 heavy (non-hydrogen) atoms. The molecule has 0 aliphatic carbocycles. The second-order valence-electron chi connectivity index (χ2n) is 6.66. The van der Waals surface area contributed by atoms with E-state index in [1.807, 2.05) is 59.4 Å². The molecule has 0 unspecified atom stereocenters. The zero-order chi connectivity index (χ0) is 20.5. The number of nitrogens with zero attached hydrogens (tertiary/aromatic N) is 5. The van der Waals surface area contributed by atoms with Crippen molar-refractivity contribution in [3.05, 3.63) is 114 Å². The Hall–Kier alpha value is -4.26. The topological polar surface area (TPSA) is 57.6 Å². The van der Waals surface area contributed by atoms with Gasteiger partial charge in [-0.1, -0.05) is 18.2 Å². The third kappa shape index (κ3) is 3.12. The van der Waals surface area contributed by atoms with Crippen LogP contribution in [0.25, 0.3) is 28.5 Å². The van der Waals surface area contributed by atoms with Gasteiger partial charge in [0.2, 0.25) is 5.43 Å². The molecule has 0 spiro atoms. The van der Waals surface area contributed by atoms with Crippen molar-refractivity contribution in [3.63, 3.8) is 0 Å². The van der Waals surface area contributed by atoms with Crippen LogP contribution in [0.1, 0.15) is 0 Å². The van der Waals surface area contributed by atoms with Crippen LogP contribution in [-0.4, -0.2) is 24.1 Å². The van der Waals surface area contributed by atoms with Gasteiger partial charge in [0.05, 0.1) is 17.6 Å². The van der Waals surface area contributed by atoms with E-state index in [0.717, 1.165) is 5.69 Å². The van der Waals surface area contributed by atoms with Gasteiger partial charge in [0.1, 0.15) is 5.69 Å². The largest absolute Gasteiger partial charge is 0.324 e. The lowest BCUT2D eigenvalue weighted by Gasteiger charge is -2.11. The summed E-state index contributed by atoms with van der Waals surface area (Å²) in [7, 11) is 0. The van der Waals surface area contributed by atoms with Gasteiger partial charge in [0.25, 0.3) is 0 Å². The van der Waals surface area contributed by atoms with E-state index < -0.39 is 5.82 Å². The molecule has 6 nitrogen and oxygen atoms in total. The minimum absolute atomic E-state index is 0.188. The van der Waals surface area contributed by atoms with Gasteiger partial charge in [-0.3, -0.25) is 4.79 Å². The first-order chi connectivity index (χ1) is 14.7. The van der Waals surface area contributed by atoms with Gasteiger partial charge >= 0.3 is 0 Å². The molecular formula is C23H16FN5O. The van der Waals surface area contributed by atoms with Crippen LogP contribution >= 0.6 is 0 Å². The highest BCUT2D eigenvalue weighted by Gasteiger charge is 2.15. The van der Waals surface area contributed by atoms with E-state index in [9.17, 15) is 9.18 Å². The van der Waals surface area contributed by atoms with Crippen LogP contribution in [0.4, 0.5) is 4.39 Å². The Bertz CT molecular complexity index is 1370. The second-order valence-corrected chi connectivity index (χ2v) is 6.66. The first-order valence-electron chi connectivity index (χ1n) is 9.34. The first kappa shape index (κ1) is 17.8. The van der Waals surface area contributed by atoms with Crippen LogP contribution in [0.3, 0.4) is 0 Å². The van der Waals surface area contributed by atoms with E-state index in [-0.39, 0.29) is 16.8 Å². The summed E-state index contributed by atoms with van der Waals surface area (Å²) in [4.78, 5) is 12.6. The Kier molecular flexibility index (Phi) is 4.33. The van der Waals surface area contributed by atoms with Gasteiger partial charge in [-0.05, 0) is 42.5 Å².